The maximum Gasteiger partial charge on any atom is 0.304 e. The molecule has 0 aromatic heterocycles. The van der Waals surface area contributed by atoms with Crippen LogP contribution in [0.3, 0.4) is 0 Å². The van der Waals surface area contributed by atoms with Gasteiger partial charge in [-0.15, -0.1) is 0 Å². The van der Waals surface area contributed by atoms with Gasteiger partial charge >= 0.3 is 5.69 Å². The first-order chi connectivity index (χ1) is 8.54. The normalized spacial score (nSPS) is 14.3. The van der Waals surface area contributed by atoms with Gasteiger partial charge in [-0.1, -0.05) is 0 Å². The third-order valence-corrected chi connectivity index (χ3v) is 2.98. The number of carbonyl (C=O) groups is 1. The lowest BCUT2D eigenvalue weighted by atomic mass is 10.1. The summed E-state index contributed by atoms with van der Waals surface area (Å²) in [6, 6.07) is 3.50. The highest BCUT2D eigenvalue weighted by molar-refractivity contribution is 5.94. The molecule has 0 N–H and O–H groups in total. The average molecular weight is 252 g/mol. The zero-order chi connectivity index (χ0) is 13.3. The van der Waals surface area contributed by atoms with Crippen molar-refractivity contribution in [2.45, 2.75) is 25.8 Å². The largest absolute Gasteiger partial charge is 0.336 e. The molecule has 0 saturated heterocycles. The van der Waals surface area contributed by atoms with Gasteiger partial charge in [-0.25, -0.2) is 0 Å². The number of carbonyl (C=O) groups excluding carboxylic acids is 1. The van der Waals surface area contributed by atoms with E-state index < -0.39 is 16.4 Å². The number of benzene rings is 1. The summed E-state index contributed by atoms with van der Waals surface area (Å²) in [5, 5.41) is 10.5. The highest BCUT2D eigenvalue weighted by Gasteiger charge is 2.32. The Morgan fingerprint density at radius 1 is 1.56 bits per heavy atom. The standard InChI is InChI=1S/C12H13FN2O3/c1-2-14(9-4-5-9)12(16)8-3-6-11(15(17)18)10(13)7-8/h3,6-7,9H,2,4-5H2,1H3. The zero-order valence-corrected chi connectivity index (χ0v) is 9.93. The van der Waals surface area contributed by atoms with Gasteiger partial charge in [0.1, 0.15) is 0 Å². The summed E-state index contributed by atoms with van der Waals surface area (Å²) in [5.74, 6) is -1.24. The third-order valence-electron chi connectivity index (χ3n) is 2.98. The van der Waals surface area contributed by atoms with Crippen LogP contribution < -0.4 is 0 Å². The predicted molar refractivity (Wildman–Crippen MR) is 62.8 cm³/mol. The molecular weight excluding hydrogens is 239 g/mol. The Balaban J connectivity index is 2.25. The molecule has 1 saturated carbocycles. The molecule has 0 heterocycles. The molecule has 2 rings (SSSR count). The van der Waals surface area contributed by atoms with Gasteiger partial charge in [0, 0.05) is 24.2 Å². The molecule has 0 atom stereocenters. The Morgan fingerprint density at radius 3 is 2.67 bits per heavy atom. The topological polar surface area (TPSA) is 63.5 Å². The fraction of sp³-hybridized carbons (Fsp3) is 0.417. The van der Waals surface area contributed by atoms with Crippen LogP contribution >= 0.6 is 0 Å². The van der Waals surface area contributed by atoms with E-state index >= 15 is 0 Å². The highest BCUT2D eigenvalue weighted by Crippen LogP contribution is 2.28. The Kier molecular flexibility index (Phi) is 3.27. The van der Waals surface area contributed by atoms with Crippen LogP contribution in [0.15, 0.2) is 18.2 Å². The summed E-state index contributed by atoms with van der Waals surface area (Å²) in [5.41, 5.74) is -0.451. The van der Waals surface area contributed by atoms with Crippen LogP contribution in [0, 0.1) is 15.9 Å². The molecule has 0 spiro atoms. The van der Waals surface area contributed by atoms with E-state index in [4.69, 9.17) is 0 Å². The van der Waals surface area contributed by atoms with E-state index in [-0.39, 0.29) is 17.5 Å². The lowest BCUT2D eigenvalue weighted by Gasteiger charge is -2.20. The zero-order valence-electron chi connectivity index (χ0n) is 9.93. The number of hydrogen-bond donors (Lipinski definition) is 0. The van der Waals surface area contributed by atoms with E-state index in [1.54, 1.807) is 4.90 Å². The third kappa shape index (κ3) is 2.32. The van der Waals surface area contributed by atoms with Crippen molar-refractivity contribution >= 4 is 11.6 Å². The summed E-state index contributed by atoms with van der Waals surface area (Å²) < 4.78 is 13.4. The van der Waals surface area contributed by atoms with Crippen LogP contribution in [-0.4, -0.2) is 28.3 Å². The summed E-state index contributed by atoms with van der Waals surface area (Å²) in [4.78, 5) is 23.4. The lowest BCUT2D eigenvalue weighted by molar-refractivity contribution is -0.387. The molecule has 0 aliphatic heterocycles. The molecule has 1 aromatic rings. The number of halogens is 1. The van der Waals surface area contributed by atoms with E-state index in [1.807, 2.05) is 6.92 Å². The summed E-state index contributed by atoms with van der Waals surface area (Å²) in [6.07, 6.45) is 1.93. The van der Waals surface area contributed by atoms with Crippen molar-refractivity contribution in [2.24, 2.45) is 0 Å². The van der Waals surface area contributed by atoms with Gasteiger partial charge in [0.15, 0.2) is 0 Å². The summed E-state index contributed by atoms with van der Waals surface area (Å²) in [6.45, 7) is 2.42. The van der Waals surface area contributed by atoms with Crippen molar-refractivity contribution in [3.63, 3.8) is 0 Å². The molecule has 1 aliphatic rings. The maximum absolute atomic E-state index is 13.4. The van der Waals surface area contributed by atoms with Crippen LogP contribution in [0.4, 0.5) is 10.1 Å². The molecule has 1 aliphatic carbocycles. The van der Waals surface area contributed by atoms with Gasteiger partial charge in [-0.2, -0.15) is 4.39 Å². The van der Waals surface area contributed by atoms with E-state index in [1.165, 1.54) is 6.07 Å². The molecule has 5 nitrogen and oxygen atoms in total. The molecule has 1 fully saturated rings. The molecular formula is C12H13FN2O3. The van der Waals surface area contributed by atoms with E-state index in [9.17, 15) is 19.3 Å². The van der Waals surface area contributed by atoms with Crippen molar-refractivity contribution in [2.75, 3.05) is 6.54 Å². The minimum absolute atomic E-state index is 0.159. The van der Waals surface area contributed by atoms with Gasteiger partial charge in [0.2, 0.25) is 5.82 Å². The highest BCUT2D eigenvalue weighted by atomic mass is 19.1. The lowest BCUT2D eigenvalue weighted by Crippen LogP contribution is -2.32. The molecule has 0 radical (unpaired) electrons. The van der Waals surface area contributed by atoms with Gasteiger partial charge in [-0.3, -0.25) is 14.9 Å². The van der Waals surface area contributed by atoms with Crippen molar-refractivity contribution in [3.05, 3.63) is 39.7 Å². The second kappa shape index (κ2) is 4.72. The summed E-state index contributed by atoms with van der Waals surface area (Å²) >= 11 is 0. The number of nitrogens with zero attached hydrogens (tertiary/aromatic N) is 2. The minimum Gasteiger partial charge on any atom is -0.336 e. The number of rotatable bonds is 4. The molecule has 6 heteroatoms. The number of nitro benzene ring substituents is 1. The van der Waals surface area contributed by atoms with E-state index in [0.717, 1.165) is 25.0 Å². The Bertz CT molecular complexity index is 500. The Morgan fingerprint density at radius 2 is 2.22 bits per heavy atom. The second-order valence-corrected chi connectivity index (χ2v) is 4.25. The quantitative estimate of drug-likeness (QED) is 0.610. The number of hydrogen-bond acceptors (Lipinski definition) is 3. The first kappa shape index (κ1) is 12.5. The molecule has 96 valence electrons. The van der Waals surface area contributed by atoms with Crippen LogP contribution in [0.1, 0.15) is 30.1 Å². The molecule has 18 heavy (non-hydrogen) atoms. The van der Waals surface area contributed by atoms with Crippen molar-refractivity contribution < 1.29 is 14.1 Å². The Hall–Kier alpha value is -1.98. The van der Waals surface area contributed by atoms with Crippen LogP contribution in [0.2, 0.25) is 0 Å². The van der Waals surface area contributed by atoms with Crippen molar-refractivity contribution in [3.8, 4) is 0 Å². The number of amides is 1. The van der Waals surface area contributed by atoms with E-state index in [2.05, 4.69) is 0 Å². The minimum atomic E-state index is -0.974. The van der Waals surface area contributed by atoms with Gasteiger partial charge in [-0.05, 0) is 31.9 Å². The van der Waals surface area contributed by atoms with Gasteiger partial charge in [0.25, 0.3) is 5.91 Å². The smallest absolute Gasteiger partial charge is 0.304 e. The summed E-state index contributed by atoms with van der Waals surface area (Å²) in [7, 11) is 0. The average Bonchev–Trinajstić information content (AvgIpc) is 3.13. The van der Waals surface area contributed by atoms with Gasteiger partial charge in [0.05, 0.1) is 4.92 Å². The maximum atomic E-state index is 13.4. The first-order valence-electron chi connectivity index (χ1n) is 5.79. The van der Waals surface area contributed by atoms with Crippen molar-refractivity contribution in [1.82, 2.24) is 4.90 Å². The van der Waals surface area contributed by atoms with E-state index in [0.29, 0.717) is 6.54 Å². The molecule has 0 unspecified atom stereocenters. The van der Waals surface area contributed by atoms with Crippen LogP contribution in [-0.2, 0) is 0 Å². The fourth-order valence-corrected chi connectivity index (χ4v) is 1.91. The first-order valence-corrected chi connectivity index (χ1v) is 5.79. The predicted octanol–water partition coefficient (Wildman–Crippen LogP) is 2.36. The van der Waals surface area contributed by atoms with Crippen molar-refractivity contribution in [1.29, 1.82) is 0 Å². The Labute approximate surface area is 103 Å². The molecule has 0 bridgehead atoms. The SMILES string of the molecule is CCN(C(=O)c1ccc([N+](=O)[O-])c(F)c1)C1CC1. The van der Waals surface area contributed by atoms with Crippen LogP contribution in [0.25, 0.3) is 0 Å². The number of nitro groups is 1. The van der Waals surface area contributed by atoms with Gasteiger partial charge < -0.3 is 4.90 Å². The van der Waals surface area contributed by atoms with Crippen LogP contribution in [0.5, 0.6) is 0 Å². The fourth-order valence-electron chi connectivity index (χ4n) is 1.91. The molecule has 1 aromatic carbocycles. The second-order valence-electron chi connectivity index (χ2n) is 4.25. The monoisotopic (exact) mass is 252 g/mol. The molecule has 1 amide bonds.